The van der Waals surface area contributed by atoms with Gasteiger partial charge in [0, 0.05) is 31.8 Å². The third kappa shape index (κ3) is 3.80. The lowest BCUT2D eigenvalue weighted by Crippen LogP contribution is -2.47. The maximum absolute atomic E-state index is 12.6. The Hall–Kier alpha value is -0.870. The van der Waals surface area contributed by atoms with E-state index in [1.165, 1.54) is 44.1 Å². The van der Waals surface area contributed by atoms with Gasteiger partial charge in [-0.1, -0.05) is 5.57 Å². The Morgan fingerprint density at radius 3 is 2.28 bits per heavy atom. The van der Waals surface area contributed by atoms with E-state index in [1.807, 2.05) is 6.08 Å². The Bertz CT molecular complexity index is 501. The van der Waals surface area contributed by atoms with Crippen molar-refractivity contribution in [3.05, 3.63) is 11.6 Å². The molecule has 0 unspecified atom stereocenters. The highest BCUT2D eigenvalue weighted by Crippen LogP contribution is 2.62. The quantitative estimate of drug-likeness (QED) is 0.778. The van der Waals surface area contributed by atoms with Crippen LogP contribution in [0.5, 0.6) is 0 Å². The molecule has 5 rings (SSSR count). The summed E-state index contributed by atoms with van der Waals surface area (Å²) in [5, 5.41) is 3.19. The van der Waals surface area contributed by atoms with Crippen molar-refractivity contribution < 1.29 is 9.53 Å². The van der Waals surface area contributed by atoms with E-state index in [2.05, 4.69) is 24.1 Å². The fourth-order valence-corrected chi connectivity index (χ4v) is 6.44. The van der Waals surface area contributed by atoms with E-state index in [0.29, 0.717) is 5.41 Å². The molecule has 4 nitrogen and oxygen atoms in total. The molecule has 4 heteroatoms. The van der Waals surface area contributed by atoms with Crippen LogP contribution >= 0.6 is 0 Å². The van der Waals surface area contributed by atoms with Crippen LogP contribution in [0, 0.1) is 23.2 Å². The molecule has 4 aliphatic carbocycles. The predicted octanol–water partition coefficient (Wildman–Crippen LogP) is 2.99. The van der Waals surface area contributed by atoms with Crippen LogP contribution in [0.25, 0.3) is 0 Å². The molecule has 1 amide bonds. The second-order valence-electron chi connectivity index (χ2n) is 9.35. The Labute approximate surface area is 152 Å². The SMILES string of the molecule is C/C(=C\C(=O)N[C@H](C)CN1CCOCC1)C12CC3CC(CC(C3)C1)C2. The Morgan fingerprint density at radius 1 is 1.16 bits per heavy atom. The van der Waals surface area contributed by atoms with Crippen molar-refractivity contribution in [3.8, 4) is 0 Å². The first-order chi connectivity index (χ1) is 12.0. The zero-order valence-corrected chi connectivity index (χ0v) is 15.9. The highest BCUT2D eigenvalue weighted by Gasteiger charge is 2.51. The van der Waals surface area contributed by atoms with E-state index in [9.17, 15) is 4.79 Å². The molecule has 140 valence electrons. The van der Waals surface area contributed by atoms with E-state index in [-0.39, 0.29) is 11.9 Å². The topological polar surface area (TPSA) is 41.6 Å². The number of morpholine rings is 1. The molecule has 4 bridgehead atoms. The van der Waals surface area contributed by atoms with Crippen LogP contribution in [0.3, 0.4) is 0 Å². The van der Waals surface area contributed by atoms with Crippen LogP contribution in [0.15, 0.2) is 11.6 Å². The highest BCUT2D eigenvalue weighted by atomic mass is 16.5. The monoisotopic (exact) mass is 346 g/mol. The minimum Gasteiger partial charge on any atom is -0.379 e. The van der Waals surface area contributed by atoms with Crippen LogP contribution in [0.1, 0.15) is 52.4 Å². The van der Waals surface area contributed by atoms with Gasteiger partial charge in [0.25, 0.3) is 0 Å². The zero-order valence-electron chi connectivity index (χ0n) is 15.9. The van der Waals surface area contributed by atoms with Crippen molar-refractivity contribution in [1.29, 1.82) is 0 Å². The van der Waals surface area contributed by atoms with Crippen molar-refractivity contribution in [2.24, 2.45) is 23.2 Å². The Kier molecular flexibility index (Phi) is 4.93. The molecule has 1 atom stereocenters. The van der Waals surface area contributed by atoms with Crippen LogP contribution in [0.4, 0.5) is 0 Å². The fourth-order valence-electron chi connectivity index (χ4n) is 6.44. The molecule has 1 heterocycles. The van der Waals surface area contributed by atoms with Gasteiger partial charge in [0.15, 0.2) is 0 Å². The first-order valence-corrected chi connectivity index (χ1v) is 10.3. The molecule has 0 spiro atoms. The number of carbonyl (C=O) groups excluding carboxylic acids is 1. The third-order valence-electron chi connectivity index (χ3n) is 7.25. The number of rotatable bonds is 5. The lowest BCUT2D eigenvalue weighted by molar-refractivity contribution is -0.117. The summed E-state index contributed by atoms with van der Waals surface area (Å²) in [6.45, 7) is 8.82. The summed E-state index contributed by atoms with van der Waals surface area (Å²) in [6, 6.07) is 0.186. The Morgan fingerprint density at radius 2 is 1.72 bits per heavy atom. The van der Waals surface area contributed by atoms with E-state index >= 15 is 0 Å². The molecule has 5 aliphatic rings. The summed E-state index contributed by atoms with van der Waals surface area (Å²) in [7, 11) is 0. The van der Waals surface area contributed by atoms with Gasteiger partial charge in [-0.15, -0.1) is 0 Å². The van der Waals surface area contributed by atoms with E-state index in [1.54, 1.807) is 0 Å². The average molecular weight is 347 g/mol. The first kappa shape index (κ1) is 17.5. The maximum Gasteiger partial charge on any atom is 0.244 e. The lowest BCUT2D eigenvalue weighted by Gasteiger charge is -2.57. The summed E-state index contributed by atoms with van der Waals surface area (Å²) in [6.07, 6.45) is 10.3. The second-order valence-corrected chi connectivity index (χ2v) is 9.35. The number of allylic oxidation sites excluding steroid dienone is 1. The summed E-state index contributed by atoms with van der Waals surface area (Å²) >= 11 is 0. The average Bonchev–Trinajstić information content (AvgIpc) is 2.54. The molecular weight excluding hydrogens is 312 g/mol. The molecule has 0 aromatic rings. The van der Waals surface area contributed by atoms with E-state index in [0.717, 1.165) is 50.6 Å². The molecule has 1 N–H and O–H groups in total. The predicted molar refractivity (Wildman–Crippen MR) is 99.2 cm³/mol. The van der Waals surface area contributed by atoms with Gasteiger partial charge in [0.1, 0.15) is 0 Å². The molecule has 1 saturated heterocycles. The van der Waals surface area contributed by atoms with Crippen molar-refractivity contribution in [2.75, 3.05) is 32.8 Å². The number of amides is 1. The summed E-state index contributed by atoms with van der Waals surface area (Å²) < 4.78 is 5.39. The normalized spacial score (nSPS) is 39.4. The zero-order chi connectivity index (χ0) is 17.4. The van der Waals surface area contributed by atoms with Gasteiger partial charge in [-0.05, 0) is 75.5 Å². The molecule has 1 aliphatic heterocycles. The van der Waals surface area contributed by atoms with Crippen LogP contribution < -0.4 is 5.32 Å². The molecule has 4 saturated carbocycles. The molecule has 0 aromatic carbocycles. The van der Waals surface area contributed by atoms with Crippen molar-refractivity contribution in [3.63, 3.8) is 0 Å². The van der Waals surface area contributed by atoms with Crippen LogP contribution in [-0.2, 0) is 9.53 Å². The molecule has 5 fully saturated rings. The van der Waals surface area contributed by atoms with Gasteiger partial charge in [0.2, 0.25) is 5.91 Å². The minimum absolute atomic E-state index is 0.106. The maximum atomic E-state index is 12.6. The number of nitrogens with zero attached hydrogens (tertiary/aromatic N) is 1. The molecule has 25 heavy (non-hydrogen) atoms. The van der Waals surface area contributed by atoms with Gasteiger partial charge < -0.3 is 10.1 Å². The van der Waals surface area contributed by atoms with Gasteiger partial charge in [-0.2, -0.15) is 0 Å². The molecule has 0 aromatic heterocycles. The highest BCUT2D eigenvalue weighted by molar-refractivity contribution is 5.88. The van der Waals surface area contributed by atoms with Crippen molar-refractivity contribution in [2.45, 2.75) is 58.4 Å². The number of carbonyl (C=O) groups is 1. The van der Waals surface area contributed by atoms with E-state index < -0.39 is 0 Å². The summed E-state index contributed by atoms with van der Waals surface area (Å²) in [4.78, 5) is 14.9. The minimum atomic E-state index is 0.106. The standard InChI is InChI=1S/C21H34N2O2/c1-15(21-11-17-8-18(12-21)10-19(9-17)13-21)7-20(24)22-16(2)14-23-3-5-25-6-4-23/h7,16-19H,3-6,8-14H2,1-2H3,(H,22,24)/b15-7+/t16-,17?,18?,19?,21?/m1/s1. The number of hydrogen-bond acceptors (Lipinski definition) is 3. The van der Waals surface area contributed by atoms with Gasteiger partial charge in [-0.25, -0.2) is 0 Å². The molecular formula is C21H34N2O2. The largest absolute Gasteiger partial charge is 0.379 e. The Balaban J connectivity index is 1.34. The number of ether oxygens (including phenoxy) is 1. The first-order valence-electron chi connectivity index (χ1n) is 10.3. The number of nitrogens with one attached hydrogen (secondary N) is 1. The van der Waals surface area contributed by atoms with Crippen molar-refractivity contribution in [1.82, 2.24) is 10.2 Å². The van der Waals surface area contributed by atoms with Gasteiger partial charge >= 0.3 is 0 Å². The summed E-state index contributed by atoms with van der Waals surface area (Å²) in [5.41, 5.74) is 1.70. The summed E-state index contributed by atoms with van der Waals surface area (Å²) in [5.74, 6) is 2.89. The second kappa shape index (κ2) is 7.03. The van der Waals surface area contributed by atoms with Crippen LogP contribution in [0.2, 0.25) is 0 Å². The third-order valence-corrected chi connectivity index (χ3v) is 7.25. The fraction of sp³-hybridized carbons (Fsp3) is 0.857. The van der Waals surface area contributed by atoms with E-state index in [4.69, 9.17) is 4.74 Å². The molecule has 0 radical (unpaired) electrons. The van der Waals surface area contributed by atoms with Gasteiger partial charge in [0.05, 0.1) is 13.2 Å². The lowest BCUT2D eigenvalue weighted by atomic mass is 9.48. The van der Waals surface area contributed by atoms with Crippen molar-refractivity contribution >= 4 is 5.91 Å². The van der Waals surface area contributed by atoms with Crippen LogP contribution in [-0.4, -0.2) is 49.7 Å². The number of hydrogen-bond donors (Lipinski definition) is 1. The van der Waals surface area contributed by atoms with Gasteiger partial charge in [-0.3, -0.25) is 9.69 Å². The smallest absolute Gasteiger partial charge is 0.244 e.